The molecule has 0 atom stereocenters. The summed E-state index contributed by atoms with van der Waals surface area (Å²) in [6, 6.07) is 8.85. The number of nitro benzene ring substituents is 1. The molecule has 0 bridgehead atoms. The van der Waals surface area contributed by atoms with Gasteiger partial charge in [-0.3, -0.25) is 19.8 Å². The normalized spacial score (nSPS) is 13.7. The Hall–Kier alpha value is -2.79. The van der Waals surface area contributed by atoms with E-state index in [1.54, 1.807) is 17.0 Å². The molecule has 1 amide bonds. The van der Waals surface area contributed by atoms with Crippen LogP contribution < -0.4 is 9.80 Å². The quantitative estimate of drug-likeness (QED) is 0.339. The lowest BCUT2D eigenvalue weighted by Gasteiger charge is -2.28. The zero-order chi connectivity index (χ0) is 24.4. The first-order valence-electron chi connectivity index (χ1n) is 11.2. The molecule has 0 saturated carbocycles. The Morgan fingerprint density at radius 3 is 2.54 bits per heavy atom. The Morgan fingerprint density at radius 1 is 1.17 bits per heavy atom. The van der Waals surface area contributed by atoms with Gasteiger partial charge < -0.3 is 14.5 Å². The summed E-state index contributed by atoms with van der Waals surface area (Å²) in [4.78, 5) is 35.4. The predicted octanol–water partition coefficient (Wildman–Crippen LogP) is 4.29. The van der Waals surface area contributed by atoms with E-state index in [4.69, 9.17) is 9.72 Å². The monoisotopic (exact) mass is 519 g/mol. The van der Waals surface area contributed by atoms with E-state index in [1.165, 1.54) is 17.4 Å². The molecule has 4 rings (SSSR count). The third-order valence-corrected chi connectivity index (χ3v) is 7.06. The summed E-state index contributed by atoms with van der Waals surface area (Å²) in [6.07, 6.45) is 0. The Balaban J connectivity index is 0.00000342. The van der Waals surface area contributed by atoms with Crippen molar-refractivity contribution in [3.05, 3.63) is 57.1 Å². The van der Waals surface area contributed by atoms with Gasteiger partial charge in [0.15, 0.2) is 5.13 Å². The van der Waals surface area contributed by atoms with E-state index in [1.807, 2.05) is 43.8 Å². The van der Waals surface area contributed by atoms with Crippen LogP contribution in [-0.4, -0.2) is 74.2 Å². The second-order valence-electron chi connectivity index (χ2n) is 8.75. The average molecular weight is 520 g/mol. The molecule has 11 heteroatoms. The summed E-state index contributed by atoms with van der Waals surface area (Å²) in [5.41, 5.74) is 3.79. The molecule has 1 aromatic heterocycles. The number of amides is 1. The van der Waals surface area contributed by atoms with E-state index in [-0.39, 0.29) is 29.6 Å². The maximum Gasteiger partial charge on any atom is 0.293 e. The molecule has 0 unspecified atom stereocenters. The smallest absolute Gasteiger partial charge is 0.293 e. The summed E-state index contributed by atoms with van der Waals surface area (Å²) in [5.74, 6) is -0.299. The number of halogens is 1. The third kappa shape index (κ3) is 5.90. The second-order valence-corrected chi connectivity index (χ2v) is 9.72. The van der Waals surface area contributed by atoms with Gasteiger partial charge in [0.1, 0.15) is 5.69 Å². The minimum atomic E-state index is -0.421. The van der Waals surface area contributed by atoms with Crippen molar-refractivity contribution in [2.24, 2.45) is 0 Å². The highest BCUT2D eigenvalue weighted by Crippen LogP contribution is 2.34. The molecule has 1 saturated heterocycles. The highest BCUT2D eigenvalue weighted by atomic mass is 35.5. The van der Waals surface area contributed by atoms with Crippen molar-refractivity contribution in [3.8, 4) is 0 Å². The van der Waals surface area contributed by atoms with Gasteiger partial charge in [-0.2, -0.15) is 0 Å². The zero-order valence-corrected chi connectivity index (χ0v) is 21.9. The summed E-state index contributed by atoms with van der Waals surface area (Å²) < 4.78 is 6.41. The molecule has 0 spiro atoms. The lowest BCUT2D eigenvalue weighted by Crippen LogP contribution is -2.37. The van der Waals surface area contributed by atoms with Crippen LogP contribution in [0.1, 0.15) is 21.5 Å². The maximum atomic E-state index is 13.7. The molecule has 1 fully saturated rings. The number of nitro groups is 1. The van der Waals surface area contributed by atoms with Crippen LogP contribution in [0.4, 0.5) is 16.5 Å². The van der Waals surface area contributed by atoms with Gasteiger partial charge in [0.25, 0.3) is 11.6 Å². The van der Waals surface area contributed by atoms with Crippen molar-refractivity contribution in [2.45, 2.75) is 13.8 Å². The maximum absolute atomic E-state index is 13.7. The van der Waals surface area contributed by atoms with Gasteiger partial charge in [0, 0.05) is 37.8 Å². The van der Waals surface area contributed by atoms with Crippen LogP contribution in [0, 0.1) is 24.0 Å². The number of thiazole rings is 1. The standard InChI is InChI=1S/C24H29N5O4S.ClH/c1-16-13-17(2)22-19(14-16)25-24(34-22)28(8-7-26(3)4)23(30)18-5-6-20(21(15-18)29(31)32)27-9-11-33-12-10-27;/h5-6,13-15H,7-12H2,1-4H3;1H. The fraction of sp³-hybridized carbons (Fsp3) is 0.417. The van der Waals surface area contributed by atoms with Gasteiger partial charge in [-0.15, -0.1) is 12.4 Å². The van der Waals surface area contributed by atoms with E-state index in [2.05, 4.69) is 6.07 Å². The second kappa shape index (κ2) is 11.3. The molecule has 9 nitrogen and oxygen atoms in total. The summed E-state index contributed by atoms with van der Waals surface area (Å²) in [6.45, 7) is 7.31. The molecule has 1 aliphatic heterocycles. The number of likely N-dealkylation sites (N-methyl/N-ethyl adjacent to an activating group) is 1. The van der Waals surface area contributed by atoms with Crippen LogP contribution in [0.5, 0.6) is 0 Å². The largest absolute Gasteiger partial charge is 0.378 e. The van der Waals surface area contributed by atoms with Crippen LogP contribution in [-0.2, 0) is 4.74 Å². The topological polar surface area (TPSA) is 92.0 Å². The molecular weight excluding hydrogens is 490 g/mol. The average Bonchev–Trinajstić information content (AvgIpc) is 3.23. The number of aryl methyl sites for hydroxylation is 2. The van der Waals surface area contributed by atoms with Gasteiger partial charge in [0.05, 0.1) is 28.4 Å². The highest BCUT2D eigenvalue weighted by Gasteiger charge is 2.27. The van der Waals surface area contributed by atoms with Crippen molar-refractivity contribution in [3.63, 3.8) is 0 Å². The molecule has 3 aromatic rings. The third-order valence-electron chi connectivity index (χ3n) is 5.83. The van der Waals surface area contributed by atoms with Crippen molar-refractivity contribution in [1.82, 2.24) is 9.88 Å². The number of hydrogen-bond donors (Lipinski definition) is 0. The van der Waals surface area contributed by atoms with Gasteiger partial charge in [0.2, 0.25) is 0 Å². The Bertz CT molecular complexity index is 1230. The zero-order valence-electron chi connectivity index (χ0n) is 20.3. The molecule has 0 aliphatic carbocycles. The van der Waals surface area contributed by atoms with Crippen molar-refractivity contribution in [2.75, 3.05) is 63.3 Å². The van der Waals surface area contributed by atoms with E-state index < -0.39 is 4.92 Å². The Labute approximate surface area is 214 Å². The molecule has 2 heterocycles. The van der Waals surface area contributed by atoms with Crippen LogP contribution in [0.15, 0.2) is 30.3 Å². The molecule has 35 heavy (non-hydrogen) atoms. The van der Waals surface area contributed by atoms with Gasteiger partial charge in [-0.1, -0.05) is 17.4 Å². The first kappa shape index (κ1) is 26.8. The van der Waals surface area contributed by atoms with Gasteiger partial charge in [-0.25, -0.2) is 4.98 Å². The van der Waals surface area contributed by atoms with Crippen LogP contribution in [0.2, 0.25) is 0 Å². The number of carbonyl (C=O) groups is 1. The number of rotatable bonds is 7. The molecule has 188 valence electrons. The number of morpholine rings is 1. The number of ether oxygens (including phenoxy) is 1. The molecule has 2 aromatic carbocycles. The Kier molecular flexibility index (Phi) is 8.65. The summed E-state index contributed by atoms with van der Waals surface area (Å²) in [7, 11) is 3.88. The van der Waals surface area contributed by atoms with Crippen molar-refractivity contribution in [1.29, 1.82) is 0 Å². The molecule has 1 aliphatic rings. The summed E-state index contributed by atoms with van der Waals surface area (Å²) >= 11 is 1.47. The highest BCUT2D eigenvalue weighted by molar-refractivity contribution is 7.22. The SMILES string of the molecule is Cc1cc(C)c2sc(N(CCN(C)C)C(=O)c3ccc(N4CCOCC4)c([N+](=O)[O-])c3)nc2c1.Cl. The Morgan fingerprint density at radius 2 is 1.89 bits per heavy atom. The van der Waals surface area contributed by atoms with Gasteiger partial charge >= 0.3 is 0 Å². The number of benzene rings is 2. The predicted molar refractivity (Wildman–Crippen MR) is 143 cm³/mol. The number of hydrogen-bond acceptors (Lipinski definition) is 8. The summed E-state index contributed by atoms with van der Waals surface area (Å²) in [5, 5.41) is 12.5. The van der Waals surface area contributed by atoms with Crippen molar-refractivity contribution >= 4 is 56.4 Å². The number of fused-ring (bicyclic) bond motifs is 1. The first-order valence-corrected chi connectivity index (χ1v) is 12.0. The lowest BCUT2D eigenvalue weighted by atomic mass is 10.1. The molecule has 0 radical (unpaired) electrons. The number of carbonyl (C=O) groups excluding carboxylic acids is 1. The first-order chi connectivity index (χ1) is 16.2. The number of nitrogens with zero attached hydrogens (tertiary/aromatic N) is 5. The van der Waals surface area contributed by atoms with Crippen molar-refractivity contribution < 1.29 is 14.5 Å². The minimum absolute atomic E-state index is 0. The van der Waals surface area contributed by atoms with Crippen LogP contribution >= 0.6 is 23.7 Å². The minimum Gasteiger partial charge on any atom is -0.378 e. The van der Waals surface area contributed by atoms with Crippen LogP contribution in [0.3, 0.4) is 0 Å². The van der Waals surface area contributed by atoms with E-state index in [9.17, 15) is 14.9 Å². The lowest BCUT2D eigenvalue weighted by molar-refractivity contribution is -0.384. The van der Waals surface area contributed by atoms with Crippen LogP contribution in [0.25, 0.3) is 10.2 Å². The fourth-order valence-electron chi connectivity index (χ4n) is 4.09. The number of aromatic nitrogens is 1. The number of anilines is 2. The molecule has 0 N–H and O–H groups in total. The van der Waals surface area contributed by atoms with E-state index in [0.717, 1.165) is 21.3 Å². The molecular formula is C24H30ClN5O4S. The van der Waals surface area contributed by atoms with E-state index >= 15 is 0 Å². The van der Waals surface area contributed by atoms with Gasteiger partial charge in [-0.05, 0) is 57.3 Å². The van der Waals surface area contributed by atoms with E-state index in [0.29, 0.717) is 50.2 Å². The fourth-order valence-corrected chi connectivity index (χ4v) is 5.13.